The second kappa shape index (κ2) is 8.80. The van der Waals surface area contributed by atoms with Gasteiger partial charge < -0.3 is 29.9 Å². The normalized spacial score (nSPS) is 12.0. The van der Waals surface area contributed by atoms with Crippen molar-refractivity contribution in [3.63, 3.8) is 0 Å². The zero-order valence-electron chi connectivity index (χ0n) is 18.1. The van der Waals surface area contributed by atoms with Gasteiger partial charge in [-0.1, -0.05) is 23.8 Å². The molecule has 0 saturated heterocycles. The first kappa shape index (κ1) is 23.0. The number of aromatic hydroxyl groups is 4. The van der Waals surface area contributed by atoms with Crippen LogP contribution in [0.15, 0.2) is 57.5 Å². The molecule has 3 rings (SSSR count). The molecule has 3 aromatic rings. The molecule has 2 aromatic carbocycles. The van der Waals surface area contributed by atoms with Crippen molar-refractivity contribution in [2.75, 3.05) is 0 Å². The smallest absolute Gasteiger partial charge is 0.204 e. The number of fused-ring (bicyclic) bond motifs is 1. The molecule has 0 aliphatic rings. The van der Waals surface area contributed by atoms with E-state index < -0.39 is 17.3 Å². The highest BCUT2D eigenvalue weighted by molar-refractivity contribution is 5.90. The van der Waals surface area contributed by atoms with Crippen molar-refractivity contribution in [3.8, 4) is 34.1 Å². The number of benzene rings is 2. The van der Waals surface area contributed by atoms with E-state index in [4.69, 9.17) is 4.42 Å². The number of aliphatic hydroxyl groups is 1. The maximum atomic E-state index is 13.3. The molecule has 7 heteroatoms. The number of aliphatic hydroxyl groups excluding tert-OH is 1. The number of hydrogen-bond acceptors (Lipinski definition) is 7. The third-order valence-corrected chi connectivity index (χ3v) is 5.35. The lowest BCUT2D eigenvalue weighted by Crippen LogP contribution is -2.12. The Morgan fingerprint density at radius 2 is 1.72 bits per heavy atom. The highest BCUT2D eigenvalue weighted by Gasteiger charge is 2.22. The summed E-state index contributed by atoms with van der Waals surface area (Å²) in [5.41, 5.74) is 1.06. The highest BCUT2D eigenvalue weighted by Crippen LogP contribution is 2.40. The number of allylic oxidation sites excluding steroid dienone is 2. The number of phenolic OH excluding ortho intramolecular Hbond substituents is 4. The van der Waals surface area contributed by atoms with Gasteiger partial charge in [-0.3, -0.25) is 4.79 Å². The number of rotatable bonds is 6. The van der Waals surface area contributed by atoms with E-state index >= 15 is 0 Å². The molecule has 0 aliphatic heterocycles. The summed E-state index contributed by atoms with van der Waals surface area (Å²) in [6.45, 7) is 9.02. The summed E-state index contributed by atoms with van der Waals surface area (Å²) >= 11 is 0. The molecule has 32 heavy (non-hydrogen) atoms. The fourth-order valence-corrected chi connectivity index (χ4v) is 3.40. The average Bonchev–Trinajstić information content (AvgIpc) is 2.71. The molecular weight excluding hydrogens is 412 g/mol. The Bertz CT molecular complexity index is 1290. The monoisotopic (exact) mass is 438 g/mol. The van der Waals surface area contributed by atoms with Crippen LogP contribution in [0.3, 0.4) is 0 Å². The Kier molecular flexibility index (Phi) is 6.32. The van der Waals surface area contributed by atoms with Gasteiger partial charge in [-0.15, -0.1) is 0 Å². The van der Waals surface area contributed by atoms with Crippen LogP contribution in [-0.4, -0.2) is 31.6 Å². The molecule has 0 aliphatic carbocycles. The molecule has 0 spiro atoms. The summed E-state index contributed by atoms with van der Waals surface area (Å²) in [5.74, 6) is -1.23. The third-order valence-electron chi connectivity index (χ3n) is 5.35. The lowest BCUT2D eigenvalue weighted by Gasteiger charge is -2.15. The minimum absolute atomic E-state index is 0.00843. The highest BCUT2D eigenvalue weighted by atomic mass is 16.3. The van der Waals surface area contributed by atoms with E-state index in [0.717, 1.165) is 11.8 Å². The van der Waals surface area contributed by atoms with Crippen LogP contribution in [0, 0.1) is 0 Å². The summed E-state index contributed by atoms with van der Waals surface area (Å²) < 4.78 is 5.49. The van der Waals surface area contributed by atoms with Crippen LogP contribution in [0.2, 0.25) is 0 Å². The Morgan fingerprint density at radius 1 is 1.03 bits per heavy atom. The van der Waals surface area contributed by atoms with Gasteiger partial charge in [-0.25, -0.2) is 0 Å². The second-order valence-electron chi connectivity index (χ2n) is 8.09. The van der Waals surface area contributed by atoms with Crippen molar-refractivity contribution < 1.29 is 29.9 Å². The van der Waals surface area contributed by atoms with Crippen molar-refractivity contribution in [2.45, 2.75) is 39.7 Å². The molecule has 5 N–H and O–H groups in total. The van der Waals surface area contributed by atoms with Gasteiger partial charge >= 0.3 is 0 Å². The minimum Gasteiger partial charge on any atom is -0.508 e. The number of phenols is 4. The lowest BCUT2D eigenvalue weighted by atomic mass is 9.95. The summed E-state index contributed by atoms with van der Waals surface area (Å²) in [4.78, 5) is 13.3. The van der Waals surface area contributed by atoms with Gasteiger partial charge in [0.2, 0.25) is 5.43 Å². The van der Waals surface area contributed by atoms with Gasteiger partial charge in [0.15, 0.2) is 0 Å². The third kappa shape index (κ3) is 4.20. The first-order valence-corrected chi connectivity index (χ1v) is 10.0. The predicted molar refractivity (Wildman–Crippen MR) is 122 cm³/mol. The topological polar surface area (TPSA) is 131 Å². The zero-order chi connectivity index (χ0) is 23.7. The predicted octanol–water partition coefficient (Wildman–Crippen LogP) is 4.27. The molecule has 1 heterocycles. The Labute approximate surface area is 184 Å². The molecule has 1 unspecified atom stereocenters. The van der Waals surface area contributed by atoms with Gasteiger partial charge in [0.1, 0.15) is 40.2 Å². The fourth-order valence-electron chi connectivity index (χ4n) is 3.40. The Balaban J connectivity index is 2.22. The Hall–Kier alpha value is -3.71. The van der Waals surface area contributed by atoms with E-state index in [-0.39, 0.29) is 63.3 Å². The van der Waals surface area contributed by atoms with Crippen LogP contribution in [0.5, 0.6) is 23.0 Å². The van der Waals surface area contributed by atoms with Crippen molar-refractivity contribution in [2.24, 2.45) is 0 Å². The maximum absolute atomic E-state index is 13.3. The average molecular weight is 438 g/mol. The van der Waals surface area contributed by atoms with Crippen molar-refractivity contribution in [1.29, 1.82) is 0 Å². The van der Waals surface area contributed by atoms with Gasteiger partial charge in [-0.2, -0.15) is 0 Å². The molecule has 0 fully saturated rings. The van der Waals surface area contributed by atoms with Crippen LogP contribution in [0.25, 0.3) is 22.1 Å². The van der Waals surface area contributed by atoms with Crippen LogP contribution >= 0.6 is 0 Å². The van der Waals surface area contributed by atoms with E-state index in [1.807, 2.05) is 13.8 Å². The quantitative estimate of drug-likeness (QED) is 0.363. The maximum Gasteiger partial charge on any atom is 0.204 e. The van der Waals surface area contributed by atoms with E-state index in [0.29, 0.717) is 5.57 Å². The lowest BCUT2D eigenvalue weighted by molar-refractivity contribution is 0.209. The largest absolute Gasteiger partial charge is 0.508 e. The van der Waals surface area contributed by atoms with E-state index in [9.17, 15) is 30.3 Å². The molecule has 0 amide bonds. The number of hydrogen-bond donors (Lipinski definition) is 5. The molecule has 1 atom stereocenters. The summed E-state index contributed by atoms with van der Waals surface area (Å²) in [5, 5.41) is 51.9. The fraction of sp³-hybridized carbons (Fsp3) is 0.240. The van der Waals surface area contributed by atoms with E-state index in [1.54, 1.807) is 13.0 Å². The molecule has 168 valence electrons. The van der Waals surface area contributed by atoms with Crippen molar-refractivity contribution in [3.05, 3.63) is 69.6 Å². The van der Waals surface area contributed by atoms with Crippen LogP contribution in [0.4, 0.5) is 0 Å². The first-order valence-electron chi connectivity index (χ1n) is 10.0. The molecule has 0 bridgehead atoms. The van der Waals surface area contributed by atoms with Crippen molar-refractivity contribution in [1.82, 2.24) is 0 Å². The second-order valence-corrected chi connectivity index (χ2v) is 8.09. The molecule has 1 aromatic heterocycles. The van der Waals surface area contributed by atoms with Crippen LogP contribution < -0.4 is 5.43 Å². The Morgan fingerprint density at radius 3 is 2.34 bits per heavy atom. The zero-order valence-corrected chi connectivity index (χ0v) is 18.1. The minimum atomic E-state index is -1.00. The van der Waals surface area contributed by atoms with E-state index in [1.165, 1.54) is 18.2 Å². The van der Waals surface area contributed by atoms with Gasteiger partial charge in [0.05, 0.1) is 11.7 Å². The van der Waals surface area contributed by atoms with Crippen LogP contribution in [-0.2, 0) is 12.8 Å². The molecule has 7 nitrogen and oxygen atoms in total. The summed E-state index contributed by atoms with van der Waals surface area (Å²) in [6.07, 6.45) is 2.03. The molecule has 0 radical (unpaired) electrons. The van der Waals surface area contributed by atoms with Gasteiger partial charge in [0, 0.05) is 29.2 Å². The molecule has 0 saturated carbocycles. The summed E-state index contributed by atoms with van der Waals surface area (Å²) in [7, 11) is 0. The van der Waals surface area contributed by atoms with Crippen molar-refractivity contribution >= 4 is 11.0 Å². The van der Waals surface area contributed by atoms with E-state index in [2.05, 4.69) is 6.58 Å². The van der Waals surface area contributed by atoms with Gasteiger partial charge in [0.25, 0.3) is 0 Å². The standard InChI is InChI=1S/C25H26O7/c1-12(2)5-6-15-20(28)10-21-22(24(15)30)25(31)17(11-32-21)14-7-8-18(26)16(23(14)29)9-19(27)13(3)4/h5,7-8,10-11,19,26-30H,3,6,9H2,1-2,4H3. The van der Waals surface area contributed by atoms with Gasteiger partial charge in [-0.05, 0) is 39.3 Å². The first-order chi connectivity index (χ1) is 15.0. The van der Waals surface area contributed by atoms with Crippen LogP contribution in [0.1, 0.15) is 31.9 Å². The molecular formula is C25H26O7. The SMILES string of the molecule is C=C(C)C(O)Cc1c(O)ccc(-c2coc3cc(O)c(CC=C(C)C)c(O)c3c2=O)c1O. The summed E-state index contributed by atoms with van der Waals surface area (Å²) in [6, 6.07) is 3.91.